The van der Waals surface area contributed by atoms with Crippen molar-refractivity contribution in [1.29, 1.82) is 0 Å². The Morgan fingerprint density at radius 3 is 1.73 bits per heavy atom. The van der Waals surface area contributed by atoms with E-state index in [2.05, 4.69) is 75.5 Å². The molecule has 7 rings (SSSR count). The fourth-order valence-corrected chi connectivity index (χ4v) is 9.82. The van der Waals surface area contributed by atoms with Crippen molar-refractivity contribution in [1.82, 2.24) is 45.3 Å². The molecular formula is C48H65N9O6. The highest BCUT2D eigenvalue weighted by atomic mass is 16.5. The van der Waals surface area contributed by atoms with Crippen LogP contribution in [-0.4, -0.2) is 117 Å². The molecule has 338 valence electrons. The van der Waals surface area contributed by atoms with Gasteiger partial charge in [-0.05, 0) is 98.9 Å². The highest BCUT2D eigenvalue weighted by Crippen LogP contribution is 2.40. The standard InChI is InChI=1S/C48H65N9O6/c1-28(2)41(53-47(60)62-7)45(58)56-23-11-9-13-39(56)43-49-26-36(51-43)32-17-15-31(16-18-32)33-19-21-35(30(5)38-22-20-34(25-33)55(38)6)37-27-50-44(52-37)40-14-10-12-24-57(40)46(59)42(29(3)4)54-48(61)63-8/h15-19,21,26-29,34,38-42H,5,9-14,20,22-25H2,1-4,6-8H3,(H,49,51)(H,50,52)(H,53,60)(H,54,61)/b33-19+,35-21+/t34?,38?,39-,40-,41-,42-/m0/s1. The Hall–Kier alpha value is -5.70. The van der Waals surface area contributed by atoms with Crippen LogP contribution in [0, 0.1) is 11.8 Å². The number of aromatic amines is 2. The van der Waals surface area contributed by atoms with Crippen molar-refractivity contribution in [2.24, 2.45) is 11.8 Å². The number of likely N-dealkylation sites (tertiary alicyclic amines) is 2. The molecule has 6 heterocycles. The summed E-state index contributed by atoms with van der Waals surface area (Å²) >= 11 is 0. The summed E-state index contributed by atoms with van der Waals surface area (Å²) in [6.07, 6.45) is 15.0. The summed E-state index contributed by atoms with van der Waals surface area (Å²) in [5.74, 6) is 0.954. The van der Waals surface area contributed by atoms with E-state index < -0.39 is 24.3 Å². The smallest absolute Gasteiger partial charge is 0.407 e. The molecule has 15 heteroatoms. The normalized spacial score (nSPS) is 24.6. The fourth-order valence-electron chi connectivity index (χ4n) is 9.82. The molecule has 3 saturated heterocycles. The monoisotopic (exact) mass is 864 g/mol. The molecule has 0 aliphatic carbocycles. The number of hydrogen-bond donors (Lipinski definition) is 4. The first-order valence-corrected chi connectivity index (χ1v) is 22.6. The molecule has 6 atom stereocenters. The molecule has 2 unspecified atom stereocenters. The van der Waals surface area contributed by atoms with E-state index in [1.54, 1.807) is 0 Å². The molecule has 3 aromatic rings. The zero-order chi connectivity index (χ0) is 44.9. The first kappa shape index (κ1) is 45.3. The van der Waals surface area contributed by atoms with Crippen molar-refractivity contribution < 1.29 is 28.7 Å². The van der Waals surface area contributed by atoms with Crippen molar-refractivity contribution >= 4 is 35.1 Å². The number of H-pyrrole nitrogens is 2. The van der Waals surface area contributed by atoms with Crippen LogP contribution >= 0.6 is 0 Å². The number of nitrogens with zero attached hydrogens (tertiary/aromatic N) is 5. The summed E-state index contributed by atoms with van der Waals surface area (Å²) in [5.41, 5.74) is 7.09. The number of carbonyl (C=O) groups excluding carboxylic acids is 4. The van der Waals surface area contributed by atoms with Gasteiger partial charge >= 0.3 is 12.2 Å². The zero-order valence-electron chi connectivity index (χ0n) is 37.9. The summed E-state index contributed by atoms with van der Waals surface area (Å²) < 4.78 is 9.65. The molecule has 4 N–H and O–H groups in total. The number of allylic oxidation sites excluding steroid dienone is 2. The molecule has 0 saturated carbocycles. The van der Waals surface area contributed by atoms with Crippen LogP contribution in [0.3, 0.4) is 0 Å². The predicted molar refractivity (Wildman–Crippen MR) is 242 cm³/mol. The molecule has 0 spiro atoms. The number of hydrogen-bond acceptors (Lipinski definition) is 9. The highest BCUT2D eigenvalue weighted by Gasteiger charge is 2.39. The summed E-state index contributed by atoms with van der Waals surface area (Å²) in [6, 6.07) is 7.21. The van der Waals surface area contributed by atoms with Crippen molar-refractivity contribution in [2.75, 3.05) is 34.4 Å². The van der Waals surface area contributed by atoms with Crippen LogP contribution < -0.4 is 10.6 Å². The minimum atomic E-state index is -0.712. The number of piperidine rings is 2. The van der Waals surface area contributed by atoms with E-state index in [9.17, 15) is 19.2 Å². The van der Waals surface area contributed by atoms with E-state index in [0.717, 1.165) is 103 Å². The van der Waals surface area contributed by atoms with Crippen LogP contribution in [0.1, 0.15) is 120 Å². The lowest BCUT2D eigenvalue weighted by molar-refractivity contribution is -0.139. The lowest BCUT2D eigenvalue weighted by atomic mass is 9.92. The predicted octanol–water partition coefficient (Wildman–Crippen LogP) is 7.56. The third-order valence-corrected chi connectivity index (χ3v) is 13.5. The highest BCUT2D eigenvalue weighted by molar-refractivity contribution is 5.87. The Labute approximate surface area is 371 Å². The Morgan fingerprint density at radius 1 is 0.698 bits per heavy atom. The molecule has 1 aromatic carbocycles. The zero-order valence-corrected chi connectivity index (χ0v) is 37.9. The maximum absolute atomic E-state index is 14.0. The largest absolute Gasteiger partial charge is 0.453 e. The average molecular weight is 864 g/mol. The molecule has 0 radical (unpaired) electrons. The number of amides is 4. The minimum absolute atomic E-state index is 0.115. The maximum atomic E-state index is 14.0. The third-order valence-electron chi connectivity index (χ3n) is 13.5. The number of carbonyl (C=O) groups is 4. The van der Waals surface area contributed by atoms with E-state index in [0.29, 0.717) is 19.1 Å². The number of likely N-dealkylation sites (N-methyl/N-ethyl adjacent to an activating group) is 1. The van der Waals surface area contributed by atoms with Gasteiger partial charge < -0.3 is 39.9 Å². The van der Waals surface area contributed by atoms with E-state index in [4.69, 9.17) is 19.4 Å². The number of rotatable bonds is 11. The van der Waals surface area contributed by atoms with Gasteiger partial charge in [-0.25, -0.2) is 19.6 Å². The van der Waals surface area contributed by atoms with Gasteiger partial charge in [-0.2, -0.15) is 0 Å². The Kier molecular flexibility index (Phi) is 14.2. The minimum Gasteiger partial charge on any atom is -0.453 e. The van der Waals surface area contributed by atoms with Crippen molar-refractivity contribution in [3.8, 4) is 11.3 Å². The third kappa shape index (κ3) is 9.78. The van der Waals surface area contributed by atoms with E-state index in [1.807, 2.05) is 49.9 Å². The van der Waals surface area contributed by atoms with E-state index in [-0.39, 0.29) is 41.8 Å². The van der Waals surface area contributed by atoms with Gasteiger partial charge in [0.15, 0.2) is 0 Å². The fraction of sp³-hybridized carbons (Fsp3) is 0.542. The van der Waals surface area contributed by atoms with Gasteiger partial charge in [0.1, 0.15) is 23.7 Å². The van der Waals surface area contributed by atoms with E-state index in [1.165, 1.54) is 19.8 Å². The van der Waals surface area contributed by atoms with Crippen LogP contribution in [0.5, 0.6) is 0 Å². The second-order valence-electron chi connectivity index (χ2n) is 18.2. The second-order valence-corrected chi connectivity index (χ2v) is 18.2. The first-order chi connectivity index (χ1) is 30.3. The first-order valence-electron chi connectivity index (χ1n) is 22.6. The maximum Gasteiger partial charge on any atom is 0.407 e. The Bertz CT molecular complexity index is 2210. The molecule has 2 aromatic heterocycles. The van der Waals surface area contributed by atoms with Crippen LogP contribution in [0.4, 0.5) is 9.59 Å². The van der Waals surface area contributed by atoms with Crippen LogP contribution in [0.2, 0.25) is 0 Å². The summed E-state index contributed by atoms with van der Waals surface area (Å²) in [6.45, 7) is 13.5. The molecule has 4 aliphatic heterocycles. The van der Waals surface area contributed by atoms with Crippen LogP contribution in [-0.2, 0) is 19.1 Å². The number of methoxy groups -OCH3 is 2. The molecule has 3 fully saturated rings. The number of benzene rings is 1. The number of aromatic nitrogens is 4. The molecule has 4 amide bonds. The van der Waals surface area contributed by atoms with E-state index >= 15 is 0 Å². The number of ether oxygens (including phenoxy) is 2. The number of nitrogens with one attached hydrogen (secondary N) is 4. The van der Waals surface area contributed by atoms with Crippen LogP contribution in [0.15, 0.2) is 61.0 Å². The van der Waals surface area contributed by atoms with Crippen molar-refractivity contribution in [2.45, 2.75) is 122 Å². The van der Waals surface area contributed by atoms with Gasteiger partial charge in [-0.15, -0.1) is 0 Å². The summed E-state index contributed by atoms with van der Waals surface area (Å²) in [5, 5.41) is 5.49. The van der Waals surface area contributed by atoms with Crippen molar-refractivity contribution in [3.05, 3.63) is 83.9 Å². The Balaban J connectivity index is 1.13. The number of alkyl carbamates (subject to hydrolysis) is 2. The van der Waals surface area contributed by atoms with Gasteiger partial charge in [-0.3, -0.25) is 14.5 Å². The molecule has 63 heavy (non-hydrogen) atoms. The van der Waals surface area contributed by atoms with Gasteiger partial charge in [0.2, 0.25) is 11.8 Å². The molecule has 15 nitrogen and oxygen atoms in total. The lowest BCUT2D eigenvalue weighted by Gasteiger charge is -2.37. The average Bonchev–Trinajstić information content (AvgIpc) is 4.07. The number of fused-ring (bicyclic) bond motifs is 2. The summed E-state index contributed by atoms with van der Waals surface area (Å²) in [4.78, 5) is 75.1. The molecule has 2 bridgehead atoms. The lowest BCUT2D eigenvalue weighted by Crippen LogP contribution is -2.53. The van der Waals surface area contributed by atoms with Gasteiger partial charge in [0.25, 0.3) is 0 Å². The van der Waals surface area contributed by atoms with Gasteiger partial charge in [-0.1, -0.05) is 70.7 Å². The molecule has 4 aliphatic rings. The number of imidazole rings is 2. The van der Waals surface area contributed by atoms with Gasteiger partial charge in [0.05, 0.1) is 50.1 Å². The summed E-state index contributed by atoms with van der Waals surface area (Å²) in [7, 11) is 4.80. The quantitative estimate of drug-likeness (QED) is 0.152. The molecular weight excluding hydrogens is 799 g/mol. The van der Waals surface area contributed by atoms with Crippen LogP contribution in [0.25, 0.3) is 22.4 Å². The second kappa shape index (κ2) is 19.8. The van der Waals surface area contributed by atoms with Crippen molar-refractivity contribution in [3.63, 3.8) is 0 Å². The topological polar surface area (TPSA) is 178 Å². The Morgan fingerprint density at radius 2 is 1.21 bits per heavy atom. The van der Waals surface area contributed by atoms with Gasteiger partial charge in [0, 0.05) is 30.7 Å². The SMILES string of the molecule is C=C1/C(c2cnc([C@@H]3CCCCN3C(=O)[C@@H](NC(=O)OC)C(C)C)[nH]2)=C\C=C(\c2ccc(-c3cnc([C@@H]4CCCCN4C(=O)[C@@H](NC(=O)OC)C(C)C)[nH]3)cc2)CC2CCC1N2C.